The van der Waals surface area contributed by atoms with Gasteiger partial charge in [0.2, 0.25) is 11.6 Å². The highest BCUT2D eigenvalue weighted by Gasteiger charge is 2.47. The van der Waals surface area contributed by atoms with Crippen LogP contribution in [0.15, 0.2) is 24.3 Å². The van der Waals surface area contributed by atoms with Gasteiger partial charge in [-0.1, -0.05) is 18.2 Å². The summed E-state index contributed by atoms with van der Waals surface area (Å²) in [6.07, 6.45) is -2.31. The lowest BCUT2D eigenvalue weighted by Crippen LogP contribution is -2.44. The van der Waals surface area contributed by atoms with Gasteiger partial charge >= 0.3 is 0 Å². The van der Waals surface area contributed by atoms with E-state index in [9.17, 15) is 34.8 Å². The molecule has 0 bridgehead atoms. The molecule has 0 spiro atoms. The Hall–Kier alpha value is -3.49. The molecule has 2 aliphatic carbocycles. The van der Waals surface area contributed by atoms with E-state index in [0.29, 0.717) is 10.9 Å². The maximum atomic E-state index is 13.5. The van der Waals surface area contributed by atoms with E-state index < -0.39 is 53.4 Å². The first kappa shape index (κ1) is 19.5. The Balaban J connectivity index is 1.85. The van der Waals surface area contributed by atoms with Crippen molar-refractivity contribution in [3.05, 3.63) is 57.8 Å². The number of benzene rings is 2. The first-order valence-corrected chi connectivity index (χ1v) is 9.77. The van der Waals surface area contributed by atoms with Crippen LogP contribution < -0.4 is 0 Å². The van der Waals surface area contributed by atoms with Gasteiger partial charge in [0.05, 0.1) is 22.8 Å². The number of phenols is 2. The number of hydrogen-bond acceptors (Lipinski definition) is 7. The first-order chi connectivity index (χ1) is 14.6. The summed E-state index contributed by atoms with van der Waals surface area (Å²) in [6, 6.07) is 6.94. The fraction of sp³-hybridized carbons (Fsp3) is 0.261. The standard InChI is InChI=1S/C23H19NO7/c1-9(25)23(31)7-11-14(13(26)8-23)20(28)17-16(19(11)27)22(30)18-15(21(17)29)10-5-3-4-6-12(10)24(18)2/h3-6,13,26-28,31H,7-8H2,1-2H3/t13-,23-/m0/s1. The lowest BCUT2D eigenvalue weighted by atomic mass is 9.72. The molecule has 0 unspecified atom stereocenters. The fourth-order valence-electron chi connectivity index (χ4n) is 4.96. The number of nitrogens with zero attached hydrogens (tertiary/aromatic N) is 1. The van der Waals surface area contributed by atoms with Crippen LogP contribution in [0.25, 0.3) is 10.9 Å². The van der Waals surface area contributed by atoms with Crippen molar-refractivity contribution in [2.45, 2.75) is 31.5 Å². The molecule has 5 rings (SSSR count). The van der Waals surface area contributed by atoms with Gasteiger partial charge in [0.25, 0.3) is 0 Å². The van der Waals surface area contributed by atoms with Gasteiger partial charge in [-0.15, -0.1) is 0 Å². The normalized spacial score (nSPS) is 22.3. The molecular formula is C23H19NO7. The SMILES string of the molecule is CC(=O)[C@]1(O)Cc2c(O)c3c(c(O)c2[C@@H](O)C1)C(=O)c1c(n(C)c2ccccc12)C3=O. The summed E-state index contributed by atoms with van der Waals surface area (Å²) in [5.74, 6) is -3.15. The molecule has 0 radical (unpaired) electrons. The number of hydrogen-bond donors (Lipinski definition) is 4. The fourth-order valence-corrected chi connectivity index (χ4v) is 4.96. The van der Waals surface area contributed by atoms with Gasteiger partial charge in [-0.3, -0.25) is 14.4 Å². The second kappa shape index (κ2) is 6.03. The van der Waals surface area contributed by atoms with Crippen molar-refractivity contribution >= 4 is 28.3 Å². The molecule has 8 heteroatoms. The van der Waals surface area contributed by atoms with Gasteiger partial charge in [0.15, 0.2) is 5.78 Å². The Kier molecular flexibility index (Phi) is 3.78. The van der Waals surface area contributed by atoms with E-state index in [1.165, 1.54) is 0 Å². The Bertz CT molecular complexity index is 1370. The minimum absolute atomic E-state index is 0.0755. The Morgan fingerprint density at radius 1 is 1.06 bits per heavy atom. The Labute approximate surface area is 176 Å². The summed E-state index contributed by atoms with van der Waals surface area (Å²) in [6.45, 7) is 1.16. The van der Waals surface area contributed by atoms with Gasteiger partial charge in [-0.05, 0) is 13.0 Å². The van der Waals surface area contributed by atoms with Gasteiger partial charge in [-0.2, -0.15) is 0 Å². The van der Waals surface area contributed by atoms with E-state index in [4.69, 9.17) is 0 Å². The Morgan fingerprint density at radius 2 is 1.71 bits per heavy atom. The zero-order valence-corrected chi connectivity index (χ0v) is 16.8. The second-order valence-corrected chi connectivity index (χ2v) is 8.28. The van der Waals surface area contributed by atoms with Crippen LogP contribution in [0, 0.1) is 0 Å². The average Bonchev–Trinajstić information content (AvgIpc) is 3.01. The van der Waals surface area contributed by atoms with Crippen LogP contribution in [-0.4, -0.2) is 47.9 Å². The zero-order chi connectivity index (χ0) is 22.4. The van der Waals surface area contributed by atoms with Crippen molar-refractivity contribution in [1.82, 2.24) is 4.57 Å². The van der Waals surface area contributed by atoms with Crippen LogP contribution in [-0.2, 0) is 18.3 Å². The number of Topliss-reactive ketones (excluding diaryl/α,β-unsaturated/α-hetero) is 1. The van der Waals surface area contributed by atoms with Gasteiger partial charge in [0, 0.05) is 41.9 Å². The molecule has 1 aromatic heterocycles. The topological polar surface area (TPSA) is 137 Å². The highest BCUT2D eigenvalue weighted by atomic mass is 16.3. The number of carbonyl (C=O) groups excluding carboxylic acids is 3. The zero-order valence-electron chi connectivity index (χ0n) is 16.8. The van der Waals surface area contributed by atoms with Gasteiger partial charge in [0.1, 0.15) is 22.8 Å². The molecule has 2 aromatic carbocycles. The molecule has 2 atom stereocenters. The number of aliphatic hydroxyl groups excluding tert-OH is 1. The number of rotatable bonds is 1. The number of para-hydroxylation sites is 1. The van der Waals surface area contributed by atoms with Crippen molar-refractivity contribution in [3.8, 4) is 11.5 Å². The van der Waals surface area contributed by atoms with E-state index in [1.54, 1.807) is 35.9 Å². The number of ketones is 3. The van der Waals surface area contributed by atoms with E-state index in [2.05, 4.69) is 0 Å². The van der Waals surface area contributed by atoms with Crippen LogP contribution in [0.5, 0.6) is 11.5 Å². The first-order valence-electron chi connectivity index (χ1n) is 9.77. The second-order valence-electron chi connectivity index (χ2n) is 8.28. The number of aliphatic hydroxyl groups is 2. The number of phenolic OH excluding ortho intramolecular Hbond substituents is 2. The highest BCUT2D eigenvalue weighted by Crippen LogP contribution is 2.51. The molecule has 1 heterocycles. The van der Waals surface area contributed by atoms with E-state index in [-0.39, 0.29) is 33.5 Å². The third kappa shape index (κ3) is 2.28. The van der Waals surface area contributed by atoms with E-state index in [1.807, 2.05) is 0 Å². The quantitative estimate of drug-likeness (QED) is 0.343. The van der Waals surface area contributed by atoms with E-state index >= 15 is 0 Å². The van der Waals surface area contributed by atoms with Crippen LogP contribution in [0.1, 0.15) is 62.5 Å². The predicted molar refractivity (Wildman–Crippen MR) is 108 cm³/mol. The number of carbonyl (C=O) groups is 3. The summed E-state index contributed by atoms with van der Waals surface area (Å²) >= 11 is 0. The number of aromatic nitrogens is 1. The van der Waals surface area contributed by atoms with Crippen LogP contribution in [0.2, 0.25) is 0 Å². The van der Waals surface area contributed by atoms with Crippen LogP contribution >= 0.6 is 0 Å². The summed E-state index contributed by atoms with van der Waals surface area (Å²) in [5, 5.41) is 43.7. The highest BCUT2D eigenvalue weighted by molar-refractivity contribution is 6.34. The summed E-state index contributed by atoms with van der Waals surface area (Å²) in [7, 11) is 1.63. The lowest BCUT2D eigenvalue weighted by Gasteiger charge is -2.36. The molecule has 0 aliphatic heterocycles. The molecule has 31 heavy (non-hydrogen) atoms. The van der Waals surface area contributed by atoms with Crippen molar-refractivity contribution < 1.29 is 34.8 Å². The summed E-state index contributed by atoms with van der Waals surface area (Å²) in [4.78, 5) is 38.9. The molecular weight excluding hydrogens is 402 g/mol. The van der Waals surface area contributed by atoms with Crippen molar-refractivity contribution in [1.29, 1.82) is 0 Å². The number of aromatic hydroxyl groups is 2. The smallest absolute Gasteiger partial charge is 0.214 e. The maximum absolute atomic E-state index is 13.5. The Morgan fingerprint density at radius 3 is 2.39 bits per heavy atom. The minimum atomic E-state index is -1.96. The average molecular weight is 421 g/mol. The van der Waals surface area contributed by atoms with Crippen molar-refractivity contribution in [2.24, 2.45) is 7.05 Å². The molecule has 0 saturated carbocycles. The number of aryl methyl sites for hydroxylation is 1. The van der Waals surface area contributed by atoms with Crippen LogP contribution in [0.3, 0.4) is 0 Å². The molecule has 0 saturated heterocycles. The number of fused-ring (bicyclic) bond motifs is 5. The minimum Gasteiger partial charge on any atom is -0.507 e. The van der Waals surface area contributed by atoms with Crippen molar-refractivity contribution in [3.63, 3.8) is 0 Å². The summed E-state index contributed by atoms with van der Waals surface area (Å²) in [5.41, 5.74) is -2.16. The van der Waals surface area contributed by atoms with Crippen LogP contribution in [0.4, 0.5) is 0 Å². The molecule has 0 amide bonds. The molecule has 2 aliphatic rings. The maximum Gasteiger partial charge on any atom is 0.214 e. The predicted octanol–water partition coefficient (Wildman–Crippen LogP) is 1.66. The van der Waals surface area contributed by atoms with Crippen molar-refractivity contribution in [2.75, 3.05) is 0 Å². The molecule has 8 nitrogen and oxygen atoms in total. The summed E-state index contributed by atoms with van der Waals surface area (Å²) < 4.78 is 1.56. The third-order valence-corrected chi connectivity index (χ3v) is 6.58. The van der Waals surface area contributed by atoms with Gasteiger partial charge < -0.3 is 25.0 Å². The largest absolute Gasteiger partial charge is 0.507 e. The third-order valence-electron chi connectivity index (χ3n) is 6.58. The molecule has 158 valence electrons. The molecule has 3 aromatic rings. The molecule has 4 N–H and O–H groups in total. The monoisotopic (exact) mass is 421 g/mol. The van der Waals surface area contributed by atoms with Gasteiger partial charge in [-0.25, -0.2) is 0 Å². The lowest BCUT2D eigenvalue weighted by molar-refractivity contribution is -0.139. The van der Waals surface area contributed by atoms with E-state index in [0.717, 1.165) is 6.92 Å². The molecule has 0 fully saturated rings.